The summed E-state index contributed by atoms with van der Waals surface area (Å²) in [5.41, 5.74) is 2.36. The van der Waals surface area contributed by atoms with Crippen LogP contribution >= 0.6 is 0 Å². The first-order valence-electron chi connectivity index (χ1n) is 7.89. The van der Waals surface area contributed by atoms with Crippen LogP contribution in [0.2, 0.25) is 0 Å². The SMILES string of the molecule is O=c1[nH]ccc(-c2nnc(C(F)F)o2)c1Cc1ccnc(C2CC2)c1. The van der Waals surface area contributed by atoms with Crippen LogP contribution in [-0.2, 0) is 6.42 Å². The van der Waals surface area contributed by atoms with Gasteiger partial charge in [0.15, 0.2) is 0 Å². The minimum atomic E-state index is -2.85. The third kappa shape index (κ3) is 3.19. The molecular formula is C17H14F2N4O2. The zero-order valence-electron chi connectivity index (χ0n) is 13.1. The van der Waals surface area contributed by atoms with Crippen LogP contribution in [0.4, 0.5) is 8.78 Å². The molecule has 0 atom stereocenters. The molecule has 8 heteroatoms. The number of aromatic nitrogens is 4. The van der Waals surface area contributed by atoms with Crippen LogP contribution in [-0.4, -0.2) is 20.2 Å². The molecule has 25 heavy (non-hydrogen) atoms. The van der Waals surface area contributed by atoms with Crippen molar-refractivity contribution in [2.75, 3.05) is 0 Å². The molecule has 0 aliphatic heterocycles. The summed E-state index contributed by atoms with van der Waals surface area (Å²) in [6.45, 7) is 0. The lowest BCUT2D eigenvalue weighted by Crippen LogP contribution is -2.14. The highest BCUT2D eigenvalue weighted by atomic mass is 19.3. The maximum absolute atomic E-state index is 12.7. The van der Waals surface area contributed by atoms with Gasteiger partial charge in [-0.1, -0.05) is 0 Å². The highest BCUT2D eigenvalue weighted by Gasteiger charge is 2.25. The van der Waals surface area contributed by atoms with E-state index in [1.54, 1.807) is 12.3 Å². The van der Waals surface area contributed by atoms with Crippen LogP contribution in [0.25, 0.3) is 11.5 Å². The summed E-state index contributed by atoms with van der Waals surface area (Å²) >= 11 is 0. The normalized spacial score (nSPS) is 14.2. The summed E-state index contributed by atoms with van der Waals surface area (Å²) in [4.78, 5) is 19.2. The van der Waals surface area contributed by atoms with E-state index in [9.17, 15) is 13.6 Å². The molecule has 1 N–H and O–H groups in total. The number of hydrogen-bond acceptors (Lipinski definition) is 5. The van der Waals surface area contributed by atoms with E-state index in [0.29, 0.717) is 23.5 Å². The third-order valence-electron chi connectivity index (χ3n) is 4.14. The Hall–Kier alpha value is -2.90. The van der Waals surface area contributed by atoms with Crippen molar-refractivity contribution in [3.8, 4) is 11.5 Å². The van der Waals surface area contributed by atoms with Crippen LogP contribution in [0.1, 0.15) is 47.9 Å². The third-order valence-corrected chi connectivity index (χ3v) is 4.14. The highest BCUT2D eigenvalue weighted by molar-refractivity contribution is 5.58. The van der Waals surface area contributed by atoms with E-state index < -0.39 is 12.3 Å². The van der Waals surface area contributed by atoms with Gasteiger partial charge in [0.25, 0.3) is 11.4 Å². The lowest BCUT2D eigenvalue weighted by atomic mass is 10.0. The average molecular weight is 344 g/mol. The number of alkyl halides is 2. The smallest absolute Gasteiger partial charge is 0.314 e. The van der Waals surface area contributed by atoms with Crippen molar-refractivity contribution < 1.29 is 13.2 Å². The lowest BCUT2D eigenvalue weighted by Gasteiger charge is -2.07. The molecular weight excluding hydrogens is 330 g/mol. The molecule has 3 aromatic heterocycles. The predicted octanol–water partition coefficient (Wildman–Crippen LogP) is 3.23. The summed E-state index contributed by atoms with van der Waals surface area (Å²) in [5.74, 6) is -0.355. The van der Waals surface area contributed by atoms with E-state index in [1.807, 2.05) is 12.1 Å². The van der Waals surface area contributed by atoms with Crippen molar-refractivity contribution in [3.63, 3.8) is 0 Å². The molecule has 0 spiro atoms. The molecule has 1 fully saturated rings. The standard InChI is InChI=1S/C17H14F2N4O2/c18-14(19)17-23-22-16(25-17)11-4-6-21-15(24)12(11)7-9-3-5-20-13(8-9)10-1-2-10/h3-6,8,10,14H,1-2,7H2,(H,21,24). The van der Waals surface area contributed by atoms with E-state index >= 15 is 0 Å². The molecule has 3 heterocycles. The number of rotatable bonds is 5. The van der Waals surface area contributed by atoms with Crippen LogP contribution in [0.15, 0.2) is 39.8 Å². The topological polar surface area (TPSA) is 84.7 Å². The zero-order valence-corrected chi connectivity index (χ0v) is 13.1. The van der Waals surface area contributed by atoms with Gasteiger partial charge in [0.1, 0.15) is 0 Å². The summed E-state index contributed by atoms with van der Waals surface area (Å²) in [5, 5.41) is 6.97. The molecule has 1 saturated carbocycles. The molecule has 0 amide bonds. The fourth-order valence-electron chi connectivity index (χ4n) is 2.73. The van der Waals surface area contributed by atoms with Gasteiger partial charge in [0.05, 0.1) is 0 Å². The van der Waals surface area contributed by atoms with Gasteiger partial charge in [-0.3, -0.25) is 9.78 Å². The second kappa shape index (κ2) is 6.19. The first-order valence-corrected chi connectivity index (χ1v) is 7.89. The van der Waals surface area contributed by atoms with Gasteiger partial charge >= 0.3 is 6.43 Å². The quantitative estimate of drug-likeness (QED) is 0.768. The van der Waals surface area contributed by atoms with E-state index in [2.05, 4.69) is 20.2 Å². The molecule has 1 aliphatic carbocycles. The summed E-state index contributed by atoms with van der Waals surface area (Å²) in [7, 11) is 0. The van der Waals surface area contributed by atoms with Gasteiger partial charge in [-0.05, 0) is 36.6 Å². The number of halogens is 2. The Balaban J connectivity index is 1.71. The van der Waals surface area contributed by atoms with Gasteiger partial charge in [-0.2, -0.15) is 8.78 Å². The Morgan fingerprint density at radius 3 is 2.84 bits per heavy atom. The molecule has 0 saturated heterocycles. The van der Waals surface area contributed by atoms with Crippen molar-refractivity contribution in [3.05, 3.63) is 63.7 Å². The minimum Gasteiger partial charge on any atom is -0.415 e. The van der Waals surface area contributed by atoms with Crippen molar-refractivity contribution in [1.29, 1.82) is 0 Å². The van der Waals surface area contributed by atoms with Gasteiger partial charge in [0, 0.05) is 41.6 Å². The largest absolute Gasteiger partial charge is 0.415 e. The van der Waals surface area contributed by atoms with Crippen LogP contribution in [0, 0.1) is 0 Å². The van der Waals surface area contributed by atoms with Crippen molar-refractivity contribution in [2.24, 2.45) is 0 Å². The van der Waals surface area contributed by atoms with E-state index in [-0.39, 0.29) is 11.4 Å². The van der Waals surface area contributed by atoms with Gasteiger partial charge in [-0.25, -0.2) is 0 Å². The highest BCUT2D eigenvalue weighted by Crippen LogP contribution is 2.39. The summed E-state index contributed by atoms with van der Waals surface area (Å²) < 4.78 is 30.4. The van der Waals surface area contributed by atoms with Crippen molar-refractivity contribution in [1.82, 2.24) is 20.2 Å². The van der Waals surface area contributed by atoms with Crippen LogP contribution in [0.3, 0.4) is 0 Å². The number of aromatic amines is 1. The van der Waals surface area contributed by atoms with Crippen LogP contribution in [0.5, 0.6) is 0 Å². The number of hydrogen-bond donors (Lipinski definition) is 1. The average Bonchev–Trinajstić information content (AvgIpc) is 3.34. The first-order chi connectivity index (χ1) is 12.1. The Labute approximate surface area is 140 Å². The number of nitrogens with one attached hydrogen (secondary N) is 1. The Morgan fingerprint density at radius 2 is 2.12 bits per heavy atom. The predicted molar refractivity (Wildman–Crippen MR) is 84.3 cm³/mol. The Morgan fingerprint density at radius 1 is 1.28 bits per heavy atom. The van der Waals surface area contributed by atoms with Crippen molar-refractivity contribution in [2.45, 2.75) is 31.6 Å². The van der Waals surface area contributed by atoms with Gasteiger partial charge in [-0.15, -0.1) is 10.2 Å². The van der Waals surface area contributed by atoms with Gasteiger partial charge < -0.3 is 9.40 Å². The molecule has 0 unspecified atom stereocenters. The Kier molecular flexibility index (Phi) is 3.87. The molecule has 1 aliphatic rings. The summed E-state index contributed by atoms with van der Waals surface area (Å²) in [6.07, 6.45) is 2.88. The maximum Gasteiger partial charge on any atom is 0.314 e. The minimum absolute atomic E-state index is 0.0899. The number of nitrogens with zero attached hydrogens (tertiary/aromatic N) is 3. The van der Waals surface area contributed by atoms with E-state index in [0.717, 1.165) is 24.1 Å². The molecule has 3 aromatic rings. The summed E-state index contributed by atoms with van der Waals surface area (Å²) in [6, 6.07) is 5.38. The zero-order chi connectivity index (χ0) is 17.4. The molecule has 6 nitrogen and oxygen atoms in total. The van der Waals surface area contributed by atoms with Crippen LogP contribution < -0.4 is 5.56 Å². The number of H-pyrrole nitrogens is 1. The molecule has 0 bridgehead atoms. The van der Waals surface area contributed by atoms with E-state index in [4.69, 9.17) is 4.42 Å². The lowest BCUT2D eigenvalue weighted by molar-refractivity contribution is 0.116. The monoisotopic (exact) mass is 344 g/mol. The Bertz CT molecular complexity index is 963. The van der Waals surface area contributed by atoms with Crippen molar-refractivity contribution >= 4 is 0 Å². The fraction of sp³-hybridized carbons (Fsp3) is 0.294. The fourth-order valence-corrected chi connectivity index (χ4v) is 2.73. The molecule has 0 radical (unpaired) electrons. The van der Waals surface area contributed by atoms with Gasteiger partial charge in [0.2, 0.25) is 5.89 Å². The van der Waals surface area contributed by atoms with E-state index in [1.165, 1.54) is 6.20 Å². The second-order valence-corrected chi connectivity index (χ2v) is 5.99. The molecule has 0 aromatic carbocycles. The molecule has 4 rings (SSSR count). The second-order valence-electron chi connectivity index (χ2n) is 5.99. The molecule has 128 valence electrons. The maximum atomic E-state index is 12.7. The first kappa shape index (κ1) is 15.6. The number of pyridine rings is 2.